The predicted octanol–water partition coefficient (Wildman–Crippen LogP) is 3.83. The second-order valence-electron chi connectivity index (χ2n) is 4.17. The van der Waals surface area contributed by atoms with Crippen LogP contribution in [0.1, 0.15) is 32.6 Å². The maximum Gasteiger partial charge on any atom is 0.137 e. The van der Waals surface area contributed by atoms with Crippen LogP contribution in [0.25, 0.3) is 0 Å². The largest absolute Gasteiger partial charge is 0.270 e. The van der Waals surface area contributed by atoms with Crippen LogP contribution in [0.5, 0.6) is 0 Å². The Morgan fingerprint density at radius 1 is 1.64 bits per heavy atom. The molecule has 0 atom stereocenters. The Morgan fingerprint density at radius 2 is 2.36 bits per heavy atom. The monoisotopic (exact) mass is 368 g/mol. The van der Waals surface area contributed by atoms with E-state index in [-0.39, 0.29) is 0 Å². The summed E-state index contributed by atoms with van der Waals surface area (Å²) < 4.78 is 4.27. The van der Waals surface area contributed by atoms with Crippen molar-refractivity contribution in [2.24, 2.45) is 5.41 Å². The first-order valence-electron chi connectivity index (χ1n) is 5.04. The Balaban J connectivity index is 2.09. The summed E-state index contributed by atoms with van der Waals surface area (Å²) in [5.41, 5.74) is 0.550. The van der Waals surface area contributed by atoms with Crippen LogP contribution < -0.4 is 0 Å². The van der Waals surface area contributed by atoms with Crippen molar-refractivity contribution in [3.05, 3.63) is 14.4 Å². The Kier molecular flexibility index (Phi) is 3.21. The molecule has 0 unspecified atom stereocenters. The first-order chi connectivity index (χ1) is 6.65. The van der Waals surface area contributed by atoms with Gasteiger partial charge >= 0.3 is 0 Å². The second kappa shape index (κ2) is 4.12. The lowest BCUT2D eigenvalue weighted by Crippen LogP contribution is -2.33. The number of hydrogen-bond donors (Lipinski definition) is 0. The highest BCUT2D eigenvalue weighted by Crippen LogP contribution is 2.45. The van der Waals surface area contributed by atoms with Crippen LogP contribution in [-0.4, -0.2) is 9.78 Å². The number of nitrogens with zero attached hydrogens (tertiary/aromatic N) is 2. The van der Waals surface area contributed by atoms with Gasteiger partial charge in [0.05, 0.1) is 4.47 Å². The van der Waals surface area contributed by atoms with Gasteiger partial charge in [0.1, 0.15) is 3.70 Å². The molecule has 0 N–H and O–H groups in total. The highest BCUT2D eigenvalue weighted by molar-refractivity contribution is 14.1. The lowest BCUT2D eigenvalue weighted by molar-refractivity contribution is 0.0948. The van der Waals surface area contributed by atoms with Crippen molar-refractivity contribution >= 4 is 38.5 Å². The van der Waals surface area contributed by atoms with Crippen molar-refractivity contribution in [2.75, 3.05) is 0 Å². The molecule has 4 heteroatoms. The van der Waals surface area contributed by atoms with Gasteiger partial charge in [-0.3, -0.25) is 4.68 Å². The Morgan fingerprint density at radius 3 is 2.71 bits per heavy atom. The first kappa shape index (κ1) is 10.9. The van der Waals surface area contributed by atoms with Crippen LogP contribution >= 0.6 is 38.5 Å². The molecule has 1 saturated carbocycles. The molecule has 0 aliphatic heterocycles. The molecule has 1 aromatic heterocycles. The highest BCUT2D eigenvalue weighted by Gasteiger charge is 2.35. The minimum absolute atomic E-state index is 0.550. The maximum atomic E-state index is 4.48. The third-order valence-corrected chi connectivity index (χ3v) is 5.46. The van der Waals surface area contributed by atoms with Gasteiger partial charge in [0.15, 0.2) is 0 Å². The zero-order chi connectivity index (χ0) is 10.2. The van der Waals surface area contributed by atoms with Crippen LogP contribution in [0, 0.1) is 9.12 Å². The van der Waals surface area contributed by atoms with Crippen molar-refractivity contribution < 1.29 is 0 Å². The second-order valence-corrected chi connectivity index (χ2v) is 6.05. The maximum absolute atomic E-state index is 4.48. The van der Waals surface area contributed by atoms with E-state index in [1.807, 2.05) is 0 Å². The standard InChI is InChI=1S/C10H14BrIN2/c1-2-10(4-3-5-10)7-14-6-8(11)9(12)13-14/h6H,2-5,7H2,1H3. The molecule has 1 aliphatic rings. The number of aromatic nitrogens is 2. The fourth-order valence-electron chi connectivity index (χ4n) is 2.10. The molecule has 0 saturated heterocycles. The van der Waals surface area contributed by atoms with Gasteiger partial charge in [-0.25, -0.2) is 0 Å². The van der Waals surface area contributed by atoms with Crippen molar-refractivity contribution in [1.29, 1.82) is 0 Å². The van der Waals surface area contributed by atoms with E-state index in [1.165, 1.54) is 25.7 Å². The van der Waals surface area contributed by atoms with Crippen molar-refractivity contribution in [3.63, 3.8) is 0 Å². The molecule has 0 amide bonds. The molecule has 0 radical (unpaired) electrons. The summed E-state index contributed by atoms with van der Waals surface area (Å²) in [7, 11) is 0. The van der Waals surface area contributed by atoms with Gasteiger partial charge in [0.2, 0.25) is 0 Å². The Labute approximate surface area is 107 Å². The third-order valence-electron chi connectivity index (χ3n) is 3.34. The summed E-state index contributed by atoms with van der Waals surface area (Å²) in [5.74, 6) is 0. The van der Waals surface area contributed by atoms with E-state index >= 15 is 0 Å². The van der Waals surface area contributed by atoms with E-state index in [4.69, 9.17) is 0 Å². The van der Waals surface area contributed by atoms with Gasteiger partial charge in [-0.15, -0.1) is 0 Å². The normalized spacial score (nSPS) is 19.4. The van der Waals surface area contributed by atoms with Gasteiger partial charge in [-0.2, -0.15) is 5.10 Å². The molecular formula is C10H14BrIN2. The van der Waals surface area contributed by atoms with Crippen LogP contribution in [-0.2, 0) is 6.54 Å². The molecule has 0 bridgehead atoms. The van der Waals surface area contributed by atoms with Crippen molar-refractivity contribution in [1.82, 2.24) is 9.78 Å². The molecule has 0 spiro atoms. The van der Waals surface area contributed by atoms with Gasteiger partial charge in [-0.05, 0) is 63.2 Å². The molecule has 1 aromatic rings. The molecule has 2 rings (SSSR count). The lowest BCUT2D eigenvalue weighted by Gasteiger charge is -2.41. The lowest BCUT2D eigenvalue weighted by atomic mass is 9.67. The van der Waals surface area contributed by atoms with Crippen LogP contribution in [0.15, 0.2) is 10.7 Å². The van der Waals surface area contributed by atoms with Crippen LogP contribution in [0.2, 0.25) is 0 Å². The van der Waals surface area contributed by atoms with Gasteiger partial charge in [-0.1, -0.05) is 13.3 Å². The molecule has 2 nitrogen and oxygen atoms in total. The van der Waals surface area contributed by atoms with E-state index in [2.05, 4.69) is 61.4 Å². The fraction of sp³-hybridized carbons (Fsp3) is 0.700. The quantitative estimate of drug-likeness (QED) is 0.741. The summed E-state index contributed by atoms with van der Waals surface area (Å²) >= 11 is 5.75. The number of hydrogen-bond acceptors (Lipinski definition) is 1. The molecule has 1 heterocycles. The smallest absolute Gasteiger partial charge is 0.137 e. The summed E-state index contributed by atoms with van der Waals surface area (Å²) in [6, 6.07) is 0. The third kappa shape index (κ3) is 2.01. The molecule has 14 heavy (non-hydrogen) atoms. The highest BCUT2D eigenvalue weighted by atomic mass is 127. The average molecular weight is 369 g/mol. The molecule has 1 aliphatic carbocycles. The Bertz CT molecular complexity index is 306. The van der Waals surface area contributed by atoms with Crippen LogP contribution in [0.3, 0.4) is 0 Å². The summed E-state index contributed by atoms with van der Waals surface area (Å²) in [6.07, 6.45) is 7.51. The average Bonchev–Trinajstić information content (AvgIpc) is 2.39. The molecule has 1 fully saturated rings. The van der Waals surface area contributed by atoms with Gasteiger partial charge in [0, 0.05) is 12.7 Å². The zero-order valence-corrected chi connectivity index (χ0v) is 12.0. The van der Waals surface area contributed by atoms with E-state index in [0.29, 0.717) is 5.41 Å². The van der Waals surface area contributed by atoms with E-state index < -0.39 is 0 Å². The fourth-order valence-corrected chi connectivity index (χ4v) is 2.83. The minimum atomic E-state index is 0.550. The van der Waals surface area contributed by atoms with Crippen LogP contribution in [0.4, 0.5) is 0 Å². The first-order valence-corrected chi connectivity index (χ1v) is 6.91. The minimum Gasteiger partial charge on any atom is -0.270 e. The van der Waals surface area contributed by atoms with Crippen molar-refractivity contribution in [2.45, 2.75) is 39.2 Å². The topological polar surface area (TPSA) is 17.8 Å². The summed E-state index contributed by atoms with van der Waals surface area (Å²) in [5, 5.41) is 4.48. The number of rotatable bonds is 3. The van der Waals surface area contributed by atoms with Gasteiger partial charge in [0.25, 0.3) is 0 Å². The zero-order valence-electron chi connectivity index (χ0n) is 8.26. The predicted molar refractivity (Wildman–Crippen MR) is 69.2 cm³/mol. The van der Waals surface area contributed by atoms with Crippen molar-refractivity contribution in [3.8, 4) is 0 Å². The van der Waals surface area contributed by atoms with Gasteiger partial charge < -0.3 is 0 Å². The van der Waals surface area contributed by atoms with E-state index in [0.717, 1.165) is 14.7 Å². The molecule has 78 valence electrons. The van der Waals surface area contributed by atoms with E-state index in [9.17, 15) is 0 Å². The number of halogens is 2. The molecule has 0 aromatic carbocycles. The Hall–Kier alpha value is 0.420. The van der Waals surface area contributed by atoms with E-state index in [1.54, 1.807) is 0 Å². The summed E-state index contributed by atoms with van der Waals surface area (Å²) in [4.78, 5) is 0. The summed E-state index contributed by atoms with van der Waals surface area (Å²) in [6.45, 7) is 3.38. The SMILES string of the molecule is CCC1(Cn2cc(Br)c(I)n2)CCC1. The molecular weight excluding hydrogens is 355 g/mol.